The Bertz CT molecular complexity index is 1920. The molecule has 2 fully saturated rings. The van der Waals surface area contributed by atoms with Gasteiger partial charge in [0, 0.05) is 36.8 Å². The van der Waals surface area contributed by atoms with Gasteiger partial charge in [0.15, 0.2) is 0 Å². The number of aromatic amines is 1. The van der Waals surface area contributed by atoms with Crippen LogP contribution < -0.4 is 26.4 Å². The lowest BCUT2D eigenvalue weighted by atomic mass is 10.0. The summed E-state index contributed by atoms with van der Waals surface area (Å²) in [4.78, 5) is 65.8. The van der Waals surface area contributed by atoms with Gasteiger partial charge >= 0.3 is 6.09 Å². The Labute approximate surface area is 287 Å². The van der Waals surface area contributed by atoms with Gasteiger partial charge in [-0.15, -0.1) is 0 Å². The van der Waals surface area contributed by atoms with E-state index in [9.17, 15) is 19.2 Å². The van der Waals surface area contributed by atoms with E-state index in [4.69, 9.17) is 21.1 Å². The molecule has 3 atom stereocenters. The molecular weight excluding hydrogens is 650 g/mol. The second kappa shape index (κ2) is 14.2. The highest BCUT2D eigenvalue weighted by atomic mass is 35.5. The maximum absolute atomic E-state index is 13.5. The topological polar surface area (TPSA) is 168 Å². The number of morpholine rings is 1. The van der Waals surface area contributed by atoms with Crippen molar-refractivity contribution in [3.63, 3.8) is 0 Å². The van der Waals surface area contributed by atoms with E-state index in [-0.39, 0.29) is 40.6 Å². The molecule has 0 saturated carbocycles. The van der Waals surface area contributed by atoms with Gasteiger partial charge in [-0.1, -0.05) is 41.9 Å². The number of amides is 3. The third-order valence-electron chi connectivity index (χ3n) is 8.24. The van der Waals surface area contributed by atoms with Gasteiger partial charge in [-0.05, 0) is 69.9 Å². The van der Waals surface area contributed by atoms with Crippen LogP contribution in [0.1, 0.15) is 72.4 Å². The highest BCUT2D eigenvalue weighted by molar-refractivity contribution is 6.34. The van der Waals surface area contributed by atoms with Gasteiger partial charge in [-0.3, -0.25) is 14.4 Å². The Kier molecular flexibility index (Phi) is 9.84. The summed E-state index contributed by atoms with van der Waals surface area (Å²) in [5, 5.41) is 9.05. The number of benzene rings is 2. The van der Waals surface area contributed by atoms with E-state index in [0.29, 0.717) is 36.5 Å². The number of hydrogen-bond donors (Lipinski definition) is 4. The Balaban J connectivity index is 1.14. The van der Waals surface area contributed by atoms with Crippen LogP contribution in [0.3, 0.4) is 0 Å². The highest BCUT2D eigenvalue weighted by Crippen LogP contribution is 2.29. The summed E-state index contributed by atoms with van der Waals surface area (Å²) in [5.74, 6) is -0.647. The number of H-pyrrole nitrogens is 1. The summed E-state index contributed by atoms with van der Waals surface area (Å²) >= 11 is 6.41. The van der Waals surface area contributed by atoms with E-state index in [1.54, 1.807) is 27.0 Å². The predicted molar refractivity (Wildman–Crippen MR) is 185 cm³/mol. The number of ether oxygens (including phenoxy) is 2. The molecule has 1 unspecified atom stereocenters. The highest BCUT2D eigenvalue weighted by Gasteiger charge is 2.35. The van der Waals surface area contributed by atoms with Crippen LogP contribution in [0.25, 0.3) is 11.0 Å². The summed E-state index contributed by atoms with van der Waals surface area (Å²) in [6.45, 7) is 6.95. The zero-order valence-corrected chi connectivity index (χ0v) is 28.2. The molecule has 6 rings (SSSR count). The predicted octanol–water partition coefficient (Wildman–Crippen LogP) is 4.98. The quantitative estimate of drug-likeness (QED) is 0.190. The summed E-state index contributed by atoms with van der Waals surface area (Å²) in [6, 6.07) is 14.8. The fourth-order valence-corrected chi connectivity index (χ4v) is 6.08. The van der Waals surface area contributed by atoms with Crippen LogP contribution in [0.5, 0.6) is 0 Å². The summed E-state index contributed by atoms with van der Waals surface area (Å²) in [7, 11) is 0. The largest absolute Gasteiger partial charge is 0.444 e. The number of nitrogens with zero attached hydrogens (tertiary/aromatic N) is 3. The first-order valence-electron chi connectivity index (χ1n) is 16.2. The molecule has 14 heteroatoms. The molecule has 13 nitrogen and oxygen atoms in total. The lowest BCUT2D eigenvalue weighted by Gasteiger charge is -2.32. The number of rotatable bonds is 9. The maximum atomic E-state index is 13.5. The Hall–Kier alpha value is -5.01. The zero-order chi connectivity index (χ0) is 34.7. The molecule has 3 amide bonds. The molecule has 2 saturated heterocycles. The number of alkyl carbamates (subject to hydrolysis) is 1. The minimum absolute atomic E-state index is 0.148. The minimum atomic E-state index is -0.716. The monoisotopic (exact) mass is 687 g/mol. The number of nitrogens with one attached hydrogen (secondary N) is 4. The maximum Gasteiger partial charge on any atom is 0.407 e. The number of anilines is 2. The van der Waals surface area contributed by atoms with E-state index >= 15 is 0 Å². The molecule has 2 bridgehead atoms. The molecule has 2 aliphatic rings. The second-order valence-corrected chi connectivity index (χ2v) is 13.6. The molecule has 4 aromatic rings. The molecule has 49 heavy (non-hydrogen) atoms. The summed E-state index contributed by atoms with van der Waals surface area (Å²) in [5.41, 5.74) is 0.0978. The van der Waals surface area contributed by atoms with Gasteiger partial charge in [-0.2, -0.15) is 4.98 Å². The van der Waals surface area contributed by atoms with Crippen molar-refractivity contribution in [2.75, 3.05) is 29.9 Å². The molecule has 0 spiro atoms. The third kappa shape index (κ3) is 8.35. The van der Waals surface area contributed by atoms with Crippen molar-refractivity contribution in [3.05, 3.63) is 92.9 Å². The molecule has 2 aromatic carbocycles. The Morgan fingerprint density at radius 2 is 1.80 bits per heavy atom. The van der Waals surface area contributed by atoms with Crippen LogP contribution in [0.2, 0.25) is 5.02 Å². The van der Waals surface area contributed by atoms with Crippen molar-refractivity contribution < 1.29 is 23.9 Å². The van der Waals surface area contributed by atoms with Crippen molar-refractivity contribution in [2.45, 2.75) is 63.9 Å². The fraction of sp³-hybridized carbons (Fsp3) is 0.371. The molecule has 2 aromatic heterocycles. The minimum Gasteiger partial charge on any atom is -0.444 e. The van der Waals surface area contributed by atoms with Crippen molar-refractivity contribution in [2.24, 2.45) is 0 Å². The van der Waals surface area contributed by atoms with E-state index < -0.39 is 35.1 Å². The number of carbonyl (C=O) groups is 3. The zero-order valence-electron chi connectivity index (χ0n) is 27.4. The van der Waals surface area contributed by atoms with Gasteiger partial charge in [0.25, 0.3) is 17.4 Å². The summed E-state index contributed by atoms with van der Waals surface area (Å²) < 4.78 is 11.2. The average molecular weight is 688 g/mol. The van der Waals surface area contributed by atoms with Crippen LogP contribution in [-0.2, 0) is 9.47 Å². The summed E-state index contributed by atoms with van der Waals surface area (Å²) in [6.07, 6.45) is 3.72. The molecule has 256 valence electrons. The number of aromatic nitrogens is 3. The van der Waals surface area contributed by atoms with E-state index in [1.807, 2.05) is 30.3 Å². The lowest BCUT2D eigenvalue weighted by molar-refractivity contribution is 0.0299. The van der Waals surface area contributed by atoms with Crippen LogP contribution in [-0.4, -0.2) is 70.3 Å². The van der Waals surface area contributed by atoms with Crippen molar-refractivity contribution in [1.29, 1.82) is 0 Å². The fourth-order valence-electron chi connectivity index (χ4n) is 5.92. The lowest BCUT2D eigenvalue weighted by Crippen LogP contribution is -2.43. The number of halogens is 1. The smallest absolute Gasteiger partial charge is 0.407 e. The van der Waals surface area contributed by atoms with Crippen LogP contribution in [0.15, 0.2) is 65.6 Å². The van der Waals surface area contributed by atoms with Gasteiger partial charge in [0.05, 0.1) is 29.0 Å². The van der Waals surface area contributed by atoms with Gasteiger partial charge < -0.3 is 35.3 Å². The third-order valence-corrected chi connectivity index (χ3v) is 8.57. The average Bonchev–Trinajstić information content (AvgIpc) is 3.40. The standard InChI is InChI=1S/C35H38ClN7O6/c1-35(2,3)49-34(47)37-14-13-27(20-7-5-4-6-8-20)39-30(44)21-9-12-26(36)28(16-21)40-31(45)25-15-22-17-38-33(42-29(22)41-32(25)46)43-18-23-10-11-24(19-43)48-23/h4-9,12,15-17,23-24,27H,10-11,13-14,18-19H2,1-3H3,(H,37,47)(H,39,44)(H,40,45)(H,38,41,42,46)/t23-,24+,27?. The van der Waals surface area contributed by atoms with Crippen LogP contribution in [0, 0.1) is 0 Å². The van der Waals surface area contributed by atoms with E-state index in [1.165, 1.54) is 24.3 Å². The first-order chi connectivity index (χ1) is 23.4. The number of carbonyl (C=O) groups excluding carboxylic acids is 3. The molecule has 0 radical (unpaired) electrons. The molecule has 4 N–H and O–H groups in total. The Morgan fingerprint density at radius 1 is 1.06 bits per heavy atom. The normalized spacial score (nSPS) is 17.8. The SMILES string of the molecule is CC(C)(C)OC(=O)NCCC(NC(=O)c1ccc(Cl)c(NC(=O)c2cc3cnc(N4C[C@H]5CC[C@@H](C4)O5)nc3[nH]c2=O)c1)c1ccccc1. The Morgan fingerprint density at radius 3 is 2.51 bits per heavy atom. The molecule has 4 heterocycles. The van der Waals surface area contributed by atoms with Crippen LogP contribution in [0.4, 0.5) is 16.4 Å². The second-order valence-electron chi connectivity index (χ2n) is 13.2. The van der Waals surface area contributed by atoms with Crippen molar-refractivity contribution in [3.8, 4) is 0 Å². The van der Waals surface area contributed by atoms with E-state index in [2.05, 4.69) is 35.8 Å². The first kappa shape index (κ1) is 33.9. The number of fused-ring (bicyclic) bond motifs is 3. The van der Waals surface area contributed by atoms with E-state index in [0.717, 1.165) is 18.4 Å². The van der Waals surface area contributed by atoms with Crippen molar-refractivity contribution >= 4 is 52.2 Å². The first-order valence-corrected chi connectivity index (χ1v) is 16.5. The molecule has 0 aliphatic carbocycles. The molecule has 2 aliphatic heterocycles. The number of hydrogen-bond acceptors (Lipinski definition) is 9. The van der Waals surface area contributed by atoms with Crippen LogP contribution >= 0.6 is 11.6 Å². The van der Waals surface area contributed by atoms with Crippen molar-refractivity contribution in [1.82, 2.24) is 25.6 Å². The number of pyridine rings is 1. The van der Waals surface area contributed by atoms with Gasteiger partial charge in [-0.25, -0.2) is 9.78 Å². The van der Waals surface area contributed by atoms with Gasteiger partial charge in [0.1, 0.15) is 16.8 Å². The molecular formula is C35H38ClN7O6. The van der Waals surface area contributed by atoms with Gasteiger partial charge in [0.2, 0.25) is 5.95 Å².